The lowest BCUT2D eigenvalue weighted by Crippen LogP contribution is -2.38. The van der Waals surface area contributed by atoms with Gasteiger partial charge in [0.15, 0.2) is 0 Å². The first-order valence-electron chi connectivity index (χ1n) is 10.2. The summed E-state index contributed by atoms with van der Waals surface area (Å²) in [5, 5.41) is 0. The van der Waals surface area contributed by atoms with Gasteiger partial charge in [0, 0.05) is 19.0 Å². The van der Waals surface area contributed by atoms with Crippen LogP contribution < -0.4 is 15.4 Å². The number of hydrogen-bond donors (Lipinski definition) is 2. The molecule has 0 spiro atoms. The molecule has 1 amide bonds. The lowest BCUT2D eigenvalue weighted by atomic mass is 9.96. The summed E-state index contributed by atoms with van der Waals surface area (Å²) in [5.74, 6) is -0.929. The molecule has 0 saturated carbocycles. The van der Waals surface area contributed by atoms with Crippen LogP contribution in [0.25, 0.3) is 0 Å². The van der Waals surface area contributed by atoms with Gasteiger partial charge in [-0.2, -0.15) is 0 Å². The number of rotatable bonds is 8. The van der Waals surface area contributed by atoms with Gasteiger partial charge in [0.05, 0.1) is 28.4 Å². The van der Waals surface area contributed by atoms with Crippen LogP contribution >= 0.6 is 0 Å². The molecule has 166 valence electrons. The van der Waals surface area contributed by atoms with E-state index in [1.165, 1.54) is 24.3 Å². The van der Waals surface area contributed by atoms with Crippen molar-refractivity contribution in [2.24, 2.45) is 11.7 Å². The maximum Gasteiger partial charge on any atom is 0.338 e. The van der Waals surface area contributed by atoms with E-state index >= 15 is 0 Å². The van der Waals surface area contributed by atoms with Crippen molar-refractivity contribution < 1.29 is 22.7 Å². The largest absolute Gasteiger partial charge is 0.462 e. The second-order valence-electron chi connectivity index (χ2n) is 7.45. The lowest BCUT2D eigenvalue weighted by Gasteiger charge is -2.33. The third kappa shape index (κ3) is 5.55. The van der Waals surface area contributed by atoms with Crippen LogP contribution in [0.4, 0.5) is 11.4 Å². The number of para-hydroxylation sites is 2. The van der Waals surface area contributed by atoms with Crippen molar-refractivity contribution in [1.29, 1.82) is 0 Å². The maximum atomic E-state index is 12.9. The maximum absolute atomic E-state index is 12.9. The highest BCUT2D eigenvalue weighted by Gasteiger charge is 2.25. The number of nitrogens with two attached hydrogens (primary N) is 1. The summed E-state index contributed by atoms with van der Waals surface area (Å²) in [6, 6.07) is 12.8. The summed E-state index contributed by atoms with van der Waals surface area (Å²) in [4.78, 5) is 25.4. The van der Waals surface area contributed by atoms with Crippen molar-refractivity contribution in [1.82, 2.24) is 0 Å². The number of carbonyl (C=O) groups excluding carboxylic acids is 2. The van der Waals surface area contributed by atoms with E-state index in [9.17, 15) is 18.0 Å². The van der Waals surface area contributed by atoms with Gasteiger partial charge in [0.1, 0.15) is 0 Å². The van der Waals surface area contributed by atoms with Gasteiger partial charge in [-0.25, -0.2) is 13.2 Å². The van der Waals surface area contributed by atoms with E-state index < -0.39 is 16.0 Å². The zero-order valence-electron chi connectivity index (χ0n) is 17.4. The summed E-state index contributed by atoms with van der Waals surface area (Å²) in [6.45, 7) is 3.43. The van der Waals surface area contributed by atoms with Crippen molar-refractivity contribution in [2.75, 3.05) is 29.3 Å². The second kappa shape index (κ2) is 9.82. The molecular formula is C22H27N3O5S. The fourth-order valence-electron chi connectivity index (χ4n) is 3.49. The van der Waals surface area contributed by atoms with Crippen molar-refractivity contribution in [3.63, 3.8) is 0 Å². The van der Waals surface area contributed by atoms with E-state index in [4.69, 9.17) is 10.5 Å². The summed E-state index contributed by atoms with van der Waals surface area (Å²) in [6.07, 6.45) is 1.97. The van der Waals surface area contributed by atoms with Crippen LogP contribution in [0.1, 0.15) is 36.5 Å². The van der Waals surface area contributed by atoms with Gasteiger partial charge in [-0.1, -0.05) is 19.1 Å². The third-order valence-electron chi connectivity index (χ3n) is 5.22. The number of ether oxygens (including phenoxy) is 1. The molecule has 1 fully saturated rings. The van der Waals surface area contributed by atoms with Gasteiger partial charge in [-0.15, -0.1) is 0 Å². The van der Waals surface area contributed by atoms with Gasteiger partial charge >= 0.3 is 5.97 Å². The van der Waals surface area contributed by atoms with Gasteiger partial charge < -0.3 is 15.4 Å². The molecule has 1 heterocycles. The minimum absolute atomic E-state index is 0.0433. The van der Waals surface area contributed by atoms with Crippen molar-refractivity contribution in [3.05, 3.63) is 54.1 Å². The summed E-state index contributed by atoms with van der Waals surface area (Å²) in [7, 11) is -3.86. The highest BCUT2D eigenvalue weighted by molar-refractivity contribution is 7.92. The molecule has 1 saturated heterocycles. The quantitative estimate of drug-likeness (QED) is 0.603. The second-order valence-corrected chi connectivity index (χ2v) is 9.13. The number of anilines is 2. The summed E-state index contributed by atoms with van der Waals surface area (Å²) >= 11 is 0. The predicted molar refractivity (Wildman–Crippen MR) is 118 cm³/mol. The van der Waals surface area contributed by atoms with Gasteiger partial charge in [-0.05, 0) is 55.7 Å². The summed E-state index contributed by atoms with van der Waals surface area (Å²) in [5.41, 5.74) is 6.90. The number of nitrogens with one attached hydrogen (secondary N) is 1. The summed E-state index contributed by atoms with van der Waals surface area (Å²) < 4.78 is 33.6. The Balaban J connectivity index is 1.75. The minimum atomic E-state index is -3.86. The zero-order chi connectivity index (χ0) is 22.4. The first-order valence-corrected chi connectivity index (χ1v) is 11.7. The van der Waals surface area contributed by atoms with E-state index in [0.717, 1.165) is 5.69 Å². The molecular weight excluding hydrogens is 418 g/mol. The van der Waals surface area contributed by atoms with Crippen molar-refractivity contribution in [3.8, 4) is 0 Å². The Morgan fingerprint density at radius 2 is 1.74 bits per heavy atom. The number of nitrogens with zero attached hydrogens (tertiary/aromatic N) is 1. The molecule has 0 bridgehead atoms. The molecule has 0 atom stereocenters. The third-order valence-corrected chi connectivity index (χ3v) is 6.61. The van der Waals surface area contributed by atoms with Crippen LogP contribution in [0.15, 0.2) is 53.4 Å². The van der Waals surface area contributed by atoms with E-state index in [1.54, 1.807) is 12.1 Å². The lowest BCUT2D eigenvalue weighted by molar-refractivity contribution is -0.122. The molecule has 9 heteroatoms. The average Bonchev–Trinajstić information content (AvgIpc) is 2.77. The van der Waals surface area contributed by atoms with Crippen LogP contribution in [0, 0.1) is 5.92 Å². The molecule has 2 aromatic carbocycles. The molecule has 2 aromatic rings. The Labute approximate surface area is 182 Å². The Bertz CT molecular complexity index is 1030. The zero-order valence-corrected chi connectivity index (χ0v) is 18.2. The highest BCUT2D eigenvalue weighted by Crippen LogP contribution is 2.31. The van der Waals surface area contributed by atoms with Gasteiger partial charge in [0.25, 0.3) is 10.0 Å². The van der Waals surface area contributed by atoms with E-state index in [-0.39, 0.29) is 16.7 Å². The first-order chi connectivity index (χ1) is 14.8. The number of esters is 1. The Morgan fingerprint density at radius 1 is 1.10 bits per heavy atom. The number of benzene rings is 2. The van der Waals surface area contributed by atoms with Crippen LogP contribution in [0.3, 0.4) is 0 Å². The number of amides is 1. The number of carbonyl (C=O) groups is 2. The smallest absolute Gasteiger partial charge is 0.338 e. The van der Waals surface area contributed by atoms with Crippen LogP contribution in [0.5, 0.6) is 0 Å². The standard InChI is InChI=1S/C22H27N3O5S/c1-2-15-30-22(27)17-7-9-18(10-8-17)31(28,29)24-19-5-3-4-6-20(19)25-13-11-16(12-14-25)21(23)26/h3-10,16,24H,2,11-15H2,1H3,(H2,23,26). The van der Waals surface area contributed by atoms with Crippen molar-refractivity contribution in [2.45, 2.75) is 31.1 Å². The Kier molecular flexibility index (Phi) is 7.17. The molecule has 3 N–H and O–H groups in total. The molecule has 1 aliphatic heterocycles. The van der Waals surface area contributed by atoms with E-state index in [2.05, 4.69) is 4.72 Å². The fourth-order valence-corrected chi connectivity index (χ4v) is 4.57. The Hall–Kier alpha value is -3.07. The molecule has 0 unspecified atom stereocenters. The van der Waals surface area contributed by atoms with Gasteiger partial charge in [0.2, 0.25) is 5.91 Å². The number of piperidine rings is 1. The highest BCUT2D eigenvalue weighted by atomic mass is 32.2. The molecule has 0 radical (unpaired) electrons. The van der Waals surface area contributed by atoms with Crippen LogP contribution in [-0.4, -0.2) is 40.0 Å². The molecule has 8 nitrogen and oxygen atoms in total. The minimum Gasteiger partial charge on any atom is -0.462 e. The van der Waals surface area contributed by atoms with Gasteiger partial charge in [-0.3, -0.25) is 9.52 Å². The van der Waals surface area contributed by atoms with E-state index in [1.807, 2.05) is 24.0 Å². The monoisotopic (exact) mass is 445 g/mol. The normalized spacial score (nSPS) is 14.8. The molecule has 3 rings (SSSR count). The van der Waals surface area contributed by atoms with Crippen molar-refractivity contribution >= 4 is 33.3 Å². The number of sulfonamides is 1. The number of hydrogen-bond acceptors (Lipinski definition) is 6. The number of primary amides is 1. The SMILES string of the molecule is CCCOC(=O)c1ccc(S(=O)(=O)Nc2ccccc2N2CCC(C(N)=O)CC2)cc1. The topological polar surface area (TPSA) is 119 Å². The first kappa shape index (κ1) is 22.6. The molecule has 0 aromatic heterocycles. The molecule has 31 heavy (non-hydrogen) atoms. The molecule has 0 aliphatic carbocycles. The Morgan fingerprint density at radius 3 is 2.35 bits per heavy atom. The van der Waals surface area contributed by atoms with Crippen LogP contribution in [0.2, 0.25) is 0 Å². The van der Waals surface area contributed by atoms with Crippen LogP contribution in [-0.2, 0) is 19.6 Å². The average molecular weight is 446 g/mol. The predicted octanol–water partition coefficient (Wildman–Crippen LogP) is 2.76. The molecule has 1 aliphatic rings. The fraction of sp³-hybridized carbons (Fsp3) is 0.364. The van der Waals surface area contributed by atoms with E-state index in [0.29, 0.717) is 50.2 Å².